The number of hydrogen-bond donors (Lipinski definition) is 1. The van der Waals surface area contributed by atoms with Crippen LogP contribution in [0, 0.1) is 18.3 Å². The first kappa shape index (κ1) is 14.4. The second-order valence-electron chi connectivity index (χ2n) is 4.79. The molecule has 0 bridgehead atoms. The predicted molar refractivity (Wildman–Crippen MR) is 87.6 cm³/mol. The Balaban J connectivity index is 2.39. The minimum atomic E-state index is 0.611. The van der Waals surface area contributed by atoms with Gasteiger partial charge in [-0.2, -0.15) is 5.26 Å². The molecule has 2 aromatic carbocycles. The molecule has 3 nitrogen and oxygen atoms in total. The van der Waals surface area contributed by atoms with Crippen LogP contribution >= 0.6 is 15.9 Å². The van der Waals surface area contributed by atoms with Gasteiger partial charge in [0.15, 0.2) is 0 Å². The van der Waals surface area contributed by atoms with Gasteiger partial charge in [-0.1, -0.05) is 12.1 Å². The molecule has 0 amide bonds. The van der Waals surface area contributed by atoms with Crippen molar-refractivity contribution in [3.63, 3.8) is 0 Å². The lowest BCUT2D eigenvalue weighted by atomic mass is 10.1. The number of aryl methyl sites for hydroxylation is 1. The summed E-state index contributed by atoms with van der Waals surface area (Å²) in [5.74, 6) is 0. The molecule has 0 aliphatic carbocycles. The Morgan fingerprint density at radius 3 is 2.60 bits per heavy atom. The standard InChI is InChI=1S/C16H16BrN3/c1-11-7-8-12(9-16(11)20(2)3)19-15-6-4-5-14(17)13(15)10-18/h4-9,19H,1-3H3. The number of nitrogens with one attached hydrogen (secondary N) is 1. The normalized spacial score (nSPS) is 9.95. The lowest BCUT2D eigenvalue weighted by Crippen LogP contribution is -2.10. The van der Waals surface area contributed by atoms with Gasteiger partial charge in [-0.3, -0.25) is 0 Å². The van der Waals surface area contributed by atoms with Crippen molar-refractivity contribution in [2.24, 2.45) is 0 Å². The second kappa shape index (κ2) is 5.98. The number of nitrogens with zero attached hydrogens (tertiary/aromatic N) is 2. The molecule has 102 valence electrons. The lowest BCUT2D eigenvalue weighted by Gasteiger charge is -2.18. The highest BCUT2D eigenvalue weighted by atomic mass is 79.9. The molecule has 2 aromatic rings. The number of hydrogen-bond acceptors (Lipinski definition) is 3. The summed E-state index contributed by atoms with van der Waals surface area (Å²) in [5, 5.41) is 12.5. The van der Waals surface area contributed by atoms with Gasteiger partial charge in [0.2, 0.25) is 0 Å². The molecule has 20 heavy (non-hydrogen) atoms. The Morgan fingerprint density at radius 2 is 1.95 bits per heavy atom. The third-order valence-electron chi connectivity index (χ3n) is 3.10. The fourth-order valence-electron chi connectivity index (χ4n) is 2.07. The smallest absolute Gasteiger partial charge is 0.103 e. The van der Waals surface area contributed by atoms with E-state index in [2.05, 4.69) is 51.3 Å². The van der Waals surface area contributed by atoms with Gasteiger partial charge in [-0.15, -0.1) is 0 Å². The topological polar surface area (TPSA) is 39.1 Å². The average molecular weight is 330 g/mol. The summed E-state index contributed by atoms with van der Waals surface area (Å²) in [4.78, 5) is 2.08. The van der Waals surface area contributed by atoms with E-state index in [1.807, 2.05) is 38.4 Å². The summed E-state index contributed by atoms with van der Waals surface area (Å²) < 4.78 is 0.796. The molecule has 0 unspecified atom stereocenters. The summed E-state index contributed by atoms with van der Waals surface area (Å²) in [7, 11) is 4.04. The van der Waals surface area contributed by atoms with E-state index in [4.69, 9.17) is 0 Å². The highest BCUT2D eigenvalue weighted by molar-refractivity contribution is 9.10. The molecular formula is C16H16BrN3. The van der Waals surface area contributed by atoms with Crippen molar-refractivity contribution in [3.05, 3.63) is 52.0 Å². The molecule has 1 N–H and O–H groups in total. The number of rotatable bonds is 3. The minimum absolute atomic E-state index is 0.611. The van der Waals surface area contributed by atoms with Crippen LogP contribution in [0.3, 0.4) is 0 Å². The SMILES string of the molecule is Cc1ccc(Nc2cccc(Br)c2C#N)cc1N(C)C. The zero-order valence-corrected chi connectivity index (χ0v) is 13.3. The van der Waals surface area contributed by atoms with Crippen molar-refractivity contribution >= 4 is 33.0 Å². The van der Waals surface area contributed by atoms with E-state index in [1.165, 1.54) is 5.56 Å². The van der Waals surface area contributed by atoms with Crippen LogP contribution in [0.4, 0.5) is 17.1 Å². The van der Waals surface area contributed by atoms with Crippen LogP contribution in [0.2, 0.25) is 0 Å². The zero-order valence-electron chi connectivity index (χ0n) is 11.7. The van der Waals surface area contributed by atoms with E-state index in [0.717, 1.165) is 21.5 Å². The zero-order chi connectivity index (χ0) is 14.7. The fraction of sp³-hybridized carbons (Fsp3) is 0.188. The number of nitriles is 1. The Bertz CT molecular complexity index is 672. The van der Waals surface area contributed by atoms with Crippen LogP contribution in [-0.2, 0) is 0 Å². The molecule has 0 spiro atoms. The molecule has 0 atom stereocenters. The third kappa shape index (κ3) is 2.94. The predicted octanol–water partition coefficient (Wildman–Crippen LogP) is 4.44. The first-order valence-corrected chi connectivity index (χ1v) is 7.06. The molecule has 0 aliphatic rings. The van der Waals surface area contributed by atoms with Crippen molar-refractivity contribution in [2.45, 2.75) is 6.92 Å². The van der Waals surface area contributed by atoms with Crippen LogP contribution in [0.1, 0.15) is 11.1 Å². The molecular weight excluding hydrogens is 314 g/mol. The summed E-state index contributed by atoms with van der Waals surface area (Å²) in [6.45, 7) is 2.08. The molecule has 0 saturated heterocycles. The highest BCUT2D eigenvalue weighted by Gasteiger charge is 2.07. The quantitative estimate of drug-likeness (QED) is 0.904. The van der Waals surface area contributed by atoms with Crippen molar-refractivity contribution in [1.82, 2.24) is 0 Å². The molecule has 4 heteroatoms. The fourth-order valence-corrected chi connectivity index (χ4v) is 2.52. The van der Waals surface area contributed by atoms with Gasteiger partial charge in [-0.05, 0) is 52.7 Å². The first-order chi connectivity index (χ1) is 9.52. The lowest BCUT2D eigenvalue weighted by molar-refractivity contribution is 1.11. The largest absolute Gasteiger partial charge is 0.377 e. The summed E-state index contributed by atoms with van der Waals surface area (Å²) in [6, 6.07) is 14.1. The summed E-state index contributed by atoms with van der Waals surface area (Å²) in [5.41, 5.74) is 4.75. The average Bonchev–Trinajstić information content (AvgIpc) is 2.41. The maximum absolute atomic E-state index is 9.24. The van der Waals surface area contributed by atoms with Gasteiger partial charge < -0.3 is 10.2 Å². The van der Waals surface area contributed by atoms with E-state index in [0.29, 0.717) is 5.56 Å². The summed E-state index contributed by atoms with van der Waals surface area (Å²) in [6.07, 6.45) is 0. The maximum atomic E-state index is 9.24. The molecule has 0 fully saturated rings. The van der Waals surface area contributed by atoms with Crippen LogP contribution in [0.25, 0.3) is 0 Å². The molecule has 0 saturated carbocycles. The van der Waals surface area contributed by atoms with E-state index in [9.17, 15) is 5.26 Å². The monoisotopic (exact) mass is 329 g/mol. The van der Waals surface area contributed by atoms with Gasteiger partial charge in [0.25, 0.3) is 0 Å². The number of anilines is 3. The third-order valence-corrected chi connectivity index (χ3v) is 3.76. The second-order valence-corrected chi connectivity index (χ2v) is 5.65. The van der Waals surface area contributed by atoms with E-state index in [1.54, 1.807) is 0 Å². The Labute approximate surface area is 128 Å². The van der Waals surface area contributed by atoms with Crippen molar-refractivity contribution in [3.8, 4) is 6.07 Å². The molecule has 0 radical (unpaired) electrons. The van der Waals surface area contributed by atoms with Gasteiger partial charge in [-0.25, -0.2) is 0 Å². The maximum Gasteiger partial charge on any atom is 0.103 e. The Hall–Kier alpha value is -1.99. The first-order valence-electron chi connectivity index (χ1n) is 6.26. The minimum Gasteiger partial charge on any atom is -0.377 e. The van der Waals surface area contributed by atoms with Crippen LogP contribution in [0.5, 0.6) is 0 Å². The van der Waals surface area contributed by atoms with E-state index in [-0.39, 0.29) is 0 Å². The molecule has 0 aromatic heterocycles. The number of benzene rings is 2. The number of halogens is 1. The van der Waals surface area contributed by atoms with Gasteiger partial charge in [0, 0.05) is 29.9 Å². The van der Waals surface area contributed by atoms with Crippen LogP contribution in [-0.4, -0.2) is 14.1 Å². The Kier molecular flexibility index (Phi) is 4.31. The van der Waals surface area contributed by atoms with Crippen molar-refractivity contribution in [2.75, 3.05) is 24.3 Å². The van der Waals surface area contributed by atoms with E-state index < -0.39 is 0 Å². The van der Waals surface area contributed by atoms with Gasteiger partial charge in [0.1, 0.15) is 6.07 Å². The Morgan fingerprint density at radius 1 is 1.20 bits per heavy atom. The van der Waals surface area contributed by atoms with Gasteiger partial charge in [0.05, 0.1) is 11.3 Å². The van der Waals surface area contributed by atoms with E-state index >= 15 is 0 Å². The molecule has 2 rings (SSSR count). The van der Waals surface area contributed by atoms with Crippen molar-refractivity contribution in [1.29, 1.82) is 5.26 Å². The molecule has 0 heterocycles. The summed E-state index contributed by atoms with van der Waals surface area (Å²) >= 11 is 3.40. The van der Waals surface area contributed by atoms with Crippen LogP contribution < -0.4 is 10.2 Å². The highest BCUT2D eigenvalue weighted by Crippen LogP contribution is 2.29. The molecule has 0 aliphatic heterocycles. The van der Waals surface area contributed by atoms with Crippen LogP contribution in [0.15, 0.2) is 40.9 Å². The van der Waals surface area contributed by atoms with Gasteiger partial charge >= 0.3 is 0 Å². The van der Waals surface area contributed by atoms with Crippen molar-refractivity contribution < 1.29 is 0 Å².